The van der Waals surface area contributed by atoms with E-state index in [1.54, 1.807) is 0 Å². The lowest BCUT2D eigenvalue weighted by Gasteiger charge is -2.16. The Morgan fingerprint density at radius 2 is 2.13 bits per heavy atom. The summed E-state index contributed by atoms with van der Waals surface area (Å²) < 4.78 is 5.73. The molecule has 0 fully saturated rings. The number of azo groups is 1. The lowest BCUT2D eigenvalue weighted by molar-refractivity contribution is 0.242. The third kappa shape index (κ3) is 4.02. The molecule has 0 amide bonds. The molecule has 0 spiro atoms. The number of hydrogen-bond acceptors (Lipinski definition) is 4. The van der Waals surface area contributed by atoms with Crippen molar-refractivity contribution >= 4 is 17.3 Å². The predicted octanol–water partition coefficient (Wildman–Crippen LogP) is 5.29. The van der Waals surface area contributed by atoms with Crippen molar-refractivity contribution in [3.05, 3.63) is 59.2 Å². The Kier molecular flexibility index (Phi) is 4.82. The van der Waals surface area contributed by atoms with Gasteiger partial charge in [-0.1, -0.05) is 29.8 Å². The highest BCUT2D eigenvalue weighted by Crippen LogP contribution is 2.32. The highest BCUT2D eigenvalue weighted by Gasteiger charge is 2.16. The maximum atomic E-state index is 6.20. The SMILES string of the molecule is CC(C)Oc1cccc(CNc2ccc3c(c2)C(Cl)N=NC3)c1. The Balaban J connectivity index is 1.68. The minimum atomic E-state index is -0.386. The molecule has 2 aromatic carbocycles. The summed E-state index contributed by atoms with van der Waals surface area (Å²) in [7, 11) is 0. The quantitative estimate of drug-likeness (QED) is 0.598. The Hall–Kier alpha value is -2.07. The number of fused-ring (bicyclic) bond motifs is 1. The number of nitrogens with zero attached hydrogens (tertiary/aromatic N) is 2. The minimum Gasteiger partial charge on any atom is -0.491 e. The zero-order valence-electron chi connectivity index (χ0n) is 13.3. The largest absolute Gasteiger partial charge is 0.491 e. The smallest absolute Gasteiger partial charge is 0.169 e. The fourth-order valence-electron chi connectivity index (χ4n) is 2.53. The van der Waals surface area contributed by atoms with Gasteiger partial charge in [-0.3, -0.25) is 0 Å². The number of halogens is 1. The van der Waals surface area contributed by atoms with Gasteiger partial charge in [-0.25, -0.2) is 0 Å². The predicted molar refractivity (Wildman–Crippen MR) is 93.1 cm³/mol. The van der Waals surface area contributed by atoms with E-state index in [9.17, 15) is 0 Å². The van der Waals surface area contributed by atoms with Crippen LogP contribution in [-0.4, -0.2) is 6.10 Å². The number of hydrogen-bond donors (Lipinski definition) is 1. The number of nitrogens with one attached hydrogen (secondary N) is 1. The second-order valence-electron chi connectivity index (χ2n) is 5.83. The summed E-state index contributed by atoms with van der Waals surface area (Å²) in [6.07, 6.45) is 0.175. The number of ether oxygens (including phenoxy) is 1. The molecule has 0 saturated carbocycles. The lowest BCUT2D eigenvalue weighted by Crippen LogP contribution is -2.06. The van der Waals surface area contributed by atoms with Gasteiger partial charge in [-0.15, -0.1) is 0 Å². The Morgan fingerprint density at radius 1 is 1.26 bits per heavy atom. The van der Waals surface area contributed by atoms with Gasteiger partial charge in [-0.2, -0.15) is 10.2 Å². The summed E-state index contributed by atoms with van der Waals surface area (Å²) >= 11 is 6.20. The Labute approximate surface area is 141 Å². The van der Waals surface area contributed by atoms with Crippen molar-refractivity contribution in [2.75, 3.05) is 5.32 Å². The van der Waals surface area contributed by atoms with Crippen molar-refractivity contribution in [2.45, 2.75) is 38.5 Å². The summed E-state index contributed by atoms with van der Waals surface area (Å²) in [4.78, 5) is 0. The summed E-state index contributed by atoms with van der Waals surface area (Å²) in [6.45, 7) is 5.38. The molecule has 4 nitrogen and oxygen atoms in total. The molecule has 0 aliphatic carbocycles. The second kappa shape index (κ2) is 7.01. The van der Waals surface area contributed by atoms with Crippen molar-refractivity contribution in [1.29, 1.82) is 0 Å². The average molecular weight is 330 g/mol. The summed E-state index contributed by atoms with van der Waals surface area (Å²) in [5.74, 6) is 0.894. The Morgan fingerprint density at radius 3 is 2.96 bits per heavy atom. The van der Waals surface area contributed by atoms with Crippen LogP contribution in [0.3, 0.4) is 0 Å². The third-order valence-corrected chi connectivity index (χ3v) is 3.92. The first-order valence-corrected chi connectivity index (χ1v) is 8.18. The fraction of sp³-hybridized carbons (Fsp3) is 0.333. The first kappa shape index (κ1) is 15.8. The molecule has 2 aromatic rings. The molecular weight excluding hydrogens is 310 g/mol. The van der Waals surface area contributed by atoms with E-state index in [1.165, 1.54) is 5.56 Å². The van der Waals surface area contributed by atoms with E-state index >= 15 is 0 Å². The fourth-order valence-corrected chi connectivity index (χ4v) is 2.79. The minimum absolute atomic E-state index is 0.175. The van der Waals surface area contributed by atoms with E-state index in [4.69, 9.17) is 16.3 Å². The molecule has 1 aliphatic heterocycles. The van der Waals surface area contributed by atoms with Crippen molar-refractivity contribution in [1.82, 2.24) is 0 Å². The van der Waals surface area contributed by atoms with Gasteiger partial charge in [0.25, 0.3) is 0 Å². The van der Waals surface area contributed by atoms with Crippen LogP contribution in [0.1, 0.15) is 36.0 Å². The van der Waals surface area contributed by atoms with Gasteiger partial charge in [0.2, 0.25) is 0 Å². The Bertz CT molecular complexity index is 715. The van der Waals surface area contributed by atoms with Crippen molar-refractivity contribution in [3.63, 3.8) is 0 Å². The molecule has 1 unspecified atom stereocenters. The van der Waals surface area contributed by atoms with Gasteiger partial charge in [0.05, 0.1) is 12.6 Å². The van der Waals surface area contributed by atoms with E-state index < -0.39 is 0 Å². The van der Waals surface area contributed by atoms with Crippen LogP contribution in [0.5, 0.6) is 5.75 Å². The molecule has 0 saturated heterocycles. The van der Waals surface area contributed by atoms with Gasteiger partial charge >= 0.3 is 0 Å². The highest BCUT2D eigenvalue weighted by molar-refractivity contribution is 6.20. The average Bonchev–Trinajstić information content (AvgIpc) is 2.53. The molecule has 0 bridgehead atoms. The van der Waals surface area contributed by atoms with Crippen LogP contribution in [0.4, 0.5) is 5.69 Å². The topological polar surface area (TPSA) is 46.0 Å². The van der Waals surface area contributed by atoms with Gasteiger partial charge in [0.1, 0.15) is 5.75 Å². The van der Waals surface area contributed by atoms with Crippen molar-refractivity contribution in [2.24, 2.45) is 10.2 Å². The molecule has 120 valence electrons. The van der Waals surface area contributed by atoms with Crippen molar-refractivity contribution < 1.29 is 4.74 Å². The zero-order valence-corrected chi connectivity index (χ0v) is 14.0. The van der Waals surface area contributed by atoms with Crippen LogP contribution >= 0.6 is 11.6 Å². The summed E-state index contributed by atoms with van der Waals surface area (Å²) in [5, 5.41) is 11.5. The van der Waals surface area contributed by atoms with E-state index in [1.807, 2.05) is 26.0 Å². The van der Waals surface area contributed by atoms with Crippen molar-refractivity contribution in [3.8, 4) is 5.75 Å². The molecule has 23 heavy (non-hydrogen) atoms. The monoisotopic (exact) mass is 329 g/mol. The third-order valence-electron chi connectivity index (χ3n) is 3.59. The maximum Gasteiger partial charge on any atom is 0.169 e. The van der Waals surface area contributed by atoms with Gasteiger partial charge in [0, 0.05) is 17.8 Å². The summed E-state index contributed by atoms with van der Waals surface area (Å²) in [5.41, 5.74) is 3.98. The molecule has 0 radical (unpaired) electrons. The van der Waals surface area contributed by atoms with Crippen LogP contribution in [0, 0.1) is 0 Å². The number of alkyl halides is 1. The molecule has 0 aromatic heterocycles. The first-order chi connectivity index (χ1) is 11.1. The molecule has 1 aliphatic rings. The van der Waals surface area contributed by atoms with Crippen LogP contribution in [-0.2, 0) is 13.1 Å². The van der Waals surface area contributed by atoms with Gasteiger partial charge < -0.3 is 10.1 Å². The normalized spacial score (nSPS) is 16.3. The van der Waals surface area contributed by atoms with Crippen LogP contribution < -0.4 is 10.1 Å². The van der Waals surface area contributed by atoms with Gasteiger partial charge in [-0.05, 0) is 49.2 Å². The van der Waals surface area contributed by atoms with E-state index in [0.717, 1.165) is 29.1 Å². The second-order valence-corrected chi connectivity index (χ2v) is 6.25. The zero-order chi connectivity index (χ0) is 16.2. The standard InChI is InChI=1S/C18H20ClN3O/c1-12(2)23-16-5-3-4-13(8-16)10-20-15-7-6-14-11-21-22-18(19)17(14)9-15/h3-9,12,18,20H,10-11H2,1-2H3. The van der Waals surface area contributed by atoms with E-state index in [0.29, 0.717) is 6.54 Å². The number of benzene rings is 2. The first-order valence-electron chi connectivity index (χ1n) is 7.75. The molecule has 1 heterocycles. The molecule has 5 heteroatoms. The molecule has 1 atom stereocenters. The number of rotatable bonds is 5. The lowest BCUT2D eigenvalue weighted by atomic mass is 10.1. The van der Waals surface area contributed by atoms with E-state index in [2.05, 4.69) is 45.9 Å². The maximum absolute atomic E-state index is 6.20. The van der Waals surface area contributed by atoms with Crippen LogP contribution in [0.25, 0.3) is 0 Å². The number of anilines is 1. The molecule has 3 rings (SSSR count). The van der Waals surface area contributed by atoms with Crippen LogP contribution in [0.2, 0.25) is 0 Å². The molecular formula is C18H20ClN3O. The highest BCUT2D eigenvalue weighted by atomic mass is 35.5. The van der Waals surface area contributed by atoms with E-state index in [-0.39, 0.29) is 11.6 Å². The molecule has 1 N–H and O–H groups in total. The summed E-state index contributed by atoms with van der Waals surface area (Å²) in [6, 6.07) is 14.3. The van der Waals surface area contributed by atoms with Gasteiger partial charge in [0.15, 0.2) is 5.50 Å². The van der Waals surface area contributed by atoms with Crippen LogP contribution in [0.15, 0.2) is 52.7 Å².